The molecular formula is C51H49N5O5Si. The third-order valence-corrected chi connectivity index (χ3v) is 18.1. The lowest BCUT2D eigenvalue weighted by molar-refractivity contribution is -0.146. The zero-order valence-electron chi connectivity index (χ0n) is 35.3. The minimum atomic E-state index is -2.47. The SMILES string of the molecule is COc1ccc([Si](C)(C)[C@@H]2[C@@H](CCn3cc(C(CO)c4ccccc4)nn3)O[C@]3(C(=O)N(Cc4ccccc4)c4ccc(N5C(=O)c6cccc7cccc5c67)cc43)[C@H]2C)cc1. The van der Waals surface area contributed by atoms with Crippen LogP contribution in [0, 0.1) is 5.92 Å². The van der Waals surface area contributed by atoms with Gasteiger partial charge in [0, 0.05) is 35.3 Å². The number of aliphatic hydroxyl groups is 1. The molecule has 11 heteroatoms. The summed E-state index contributed by atoms with van der Waals surface area (Å²) >= 11 is 0. The van der Waals surface area contributed by atoms with Gasteiger partial charge in [-0.25, -0.2) is 0 Å². The Morgan fingerprint density at radius 2 is 1.58 bits per heavy atom. The highest BCUT2D eigenvalue weighted by molar-refractivity contribution is 6.91. The molecule has 0 aliphatic carbocycles. The molecule has 3 aliphatic rings. The van der Waals surface area contributed by atoms with Crippen LogP contribution in [0.2, 0.25) is 18.6 Å². The molecule has 0 radical (unpaired) electrons. The Morgan fingerprint density at radius 3 is 2.31 bits per heavy atom. The zero-order chi connectivity index (χ0) is 42.8. The summed E-state index contributed by atoms with van der Waals surface area (Å²) in [7, 11) is -0.793. The number of amides is 2. The van der Waals surface area contributed by atoms with Gasteiger partial charge in [0.15, 0.2) is 5.60 Å². The van der Waals surface area contributed by atoms with Crippen molar-refractivity contribution in [2.24, 2.45) is 5.92 Å². The number of aromatic nitrogens is 3. The van der Waals surface area contributed by atoms with Gasteiger partial charge >= 0.3 is 0 Å². The van der Waals surface area contributed by atoms with Gasteiger partial charge in [-0.05, 0) is 70.9 Å². The summed E-state index contributed by atoms with van der Waals surface area (Å²) in [5.74, 6) is 0.0480. The highest BCUT2D eigenvalue weighted by Crippen LogP contribution is 2.61. The number of benzene rings is 6. The van der Waals surface area contributed by atoms with E-state index in [2.05, 4.69) is 42.5 Å². The summed E-state index contributed by atoms with van der Waals surface area (Å²) in [6.45, 7) is 7.73. The van der Waals surface area contributed by atoms with Gasteiger partial charge in [0.1, 0.15) is 5.75 Å². The van der Waals surface area contributed by atoms with E-state index in [0.717, 1.165) is 44.6 Å². The highest BCUT2D eigenvalue weighted by Gasteiger charge is 2.66. The lowest BCUT2D eigenvalue weighted by Crippen LogP contribution is -2.51. The van der Waals surface area contributed by atoms with Crippen molar-refractivity contribution < 1.29 is 24.2 Å². The van der Waals surface area contributed by atoms with E-state index in [4.69, 9.17) is 9.47 Å². The van der Waals surface area contributed by atoms with Crippen molar-refractivity contribution in [1.29, 1.82) is 0 Å². The molecule has 1 spiro atoms. The summed E-state index contributed by atoms with van der Waals surface area (Å²) in [4.78, 5) is 33.6. The van der Waals surface area contributed by atoms with Crippen molar-refractivity contribution >= 4 is 52.9 Å². The summed E-state index contributed by atoms with van der Waals surface area (Å²) in [6.07, 6.45) is 2.15. The van der Waals surface area contributed by atoms with E-state index in [0.29, 0.717) is 36.5 Å². The molecule has 1 N–H and O–H groups in total. The molecule has 7 aromatic rings. The van der Waals surface area contributed by atoms with Crippen LogP contribution in [0.25, 0.3) is 10.8 Å². The maximum absolute atomic E-state index is 15.7. The molecule has 10 nitrogen and oxygen atoms in total. The molecule has 0 saturated carbocycles. The number of carbonyl (C=O) groups is 2. The first kappa shape index (κ1) is 39.7. The second-order valence-corrected chi connectivity index (χ2v) is 22.1. The standard InChI is InChI=1S/C51H49N5O5Si/c1-33-48(62(3,4)39-24-22-38(60-2)23-25-39)46(27-28-54-31-43(52-53-54)41(32-57)35-15-9-6-10-16-35)61-51(33)42-29-37(21-26-44(42)55(50(51)59)30-34-13-7-5-8-14-34)56-45-20-12-18-36-17-11-19-40(47(36)45)49(56)58/h5-26,29,31,33,41,46,48,57H,27-28,30,32H2,1-4H3/t33-,41?,46+,48-,51+/m0/s1. The number of aryl methyl sites for hydroxylation is 1. The topological polar surface area (TPSA) is 110 Å². The fourth-order valence-electron chi connectivity index (χ4n) is 10.7. The lowest BCUT2D eigenvalue weighted by Gasteiger charge is -2.37. The van der Waals surface area contributed by atoms with Gasteiger partial charge in [-0.2, -0.15) is 0 Å². The Morgan fingerprint density at radius 1 is 0.855 bits per heavy atom. The number of fused-ring (bicyclic) bond motifs is 2. The maximum Gasteiger partial charge on any atom is 0.264 e. The van der Waals surface area contributed by atoms with Gasteiger partial charge in [-0.15, -0.1) is 5.10 Å². The molecule has 1 unspecified atom stereocenters. The van der Waals surface area contributed by atoms with E-state index in [-0.39, 0.29) is 41.9 Å². The number of hydrogen-bond donors (Lipinski definition) is 1. The van der Waals surface area contributed by atoms with Crippen molar-refractivity contribution in [3.63, 3.8) is 0 Å². The van der Waals surface area contributed by atoms with E-state index >= 15 is 4.79 Å². The van der Waals surface area contributed by atoms with E-state index in [1.807, 2.05) is 143 Å². The molecule has 3 aliphatic heterocycles. The molecule has 62 heavy (non-hydrogen) atoms. The van der Waals surface area contributed by atoms with Crippen LogP contribution >= 0.6 is 0 Å². The van der Waals surface area contributed by atoms with E-state index in [1.165, 1.54) is 5.19 Å². The fourth-order valence-corrected chi connectivity index (χ4v) is 14.8. The molecule has 1 saturated heterocycles. The van der Waals surface area contributed by atoms with Gasteiger partial charge in [-0.3, -0.25) is 19.2 Å². The number of methoxy groups -OCH3 is 1. The number of nitrogens with zero attached hydrogens (tertiary/aromatic N) is 5. The molecule has 5 atom stereocenters. The molecule has 1 aromatic heterocycles. The quantitative estimate of drug-likeness (QED) is 0.123. The molecular weight excluding hydrogens is 791 g/mol. The number of carbonyl (C=O) groups excluding carboxylic acids is 2. The van der Waals surface area contributed by atoms with Crippen LogP contribution in [-0.2, 0) is 28.2 Å². The van der Waals surface area contributed by atoms with Crippen LogP contribution in [-0.4, -0.2) is 59.8 Å². The summed E-state index contributed by atoms with van der Waals surface area (Å²) in [5, 5.41) is 22.6. The third kappa shape index (κ3) is 6.28. The Balaban J connectivity index is 1.08. The van der Waals surface area contributed by atoms with Crippen LogP contribution in [0.5, 0.6) is 5.75 Å². The second kappa shape index (κ2) is 15.5. The number of rotatable bonds is 12. The van der Waals surface area contributed by atoms with Crippen molar-refractivity contribution in [1.82, 2.24) is 15.0 Å². The monoisotopic (exact) mass is 839 g/mol. The number of ether oxygens (including phenoxy) is 2. The molecule has 0 bridgehead atoms. The van der Waals surface area contributed by atoms with Gasteiger partial charge < -0.3 is 19.5 Å². The largest absolute Gasteiger partial charge is 0.497 e. The Kier molecular flexibility index (Phi) is 9.93. The van der Waals surface area contributed by atoms with Crippen LogP contribution in [0.1, 0.15) is 52.0 Å². The summed E-state index contributed by atoms with van der Waals surface area (Å²) < 4.78 is 14.9. The van der Waals surface area contributed by atoms with Crippen molar-refractivity contribution in [3.8, 4) is 5.75 Å². The Bertz CT molecular complexity index is 2810. The van der Waals surface area contributed by atoms with Crippen molar-refractivity contribution in [2.45, 2.75) is 62.7 Å². The van der Waals surface area contributed by atoms with Crippen LogP contribution in [0.4, 0.5) is 17.1 Å². The van der Waals surface area contributed by atoms with Gasteiger partial charge in [0.05, 0.1) is 63.0 Å². The molecule has 312 valence electrons. The van der Waals surface area contributed by atoms with Gasteiger partial charge in [0.25, 0.3) is 11.8 Å². The molecule has 1 fully saturated rings. The smallest absolute Gasteiger partial charge is 0.264 e. The predicted octanol–water partition coefficient (Wildman–Crippen LogP) is 8.71. The molecule has 6 aromatic carbocycles. The number of hydrogen-bond acceptors (Lipinski definition) is 7. The molecule has 10 rings (SSSR count). The van der Waals surface area contributed by atoms with Crippen LogP contribution in [0.15, 0.2) is 146 Å². The molecule has 2 amide bonds. The Labute approximate surface area is 362 Å². The highest BCUT2D eigenvalue weighted by atomic mass is 28.3. The van der Waals surface area contributed by atoms with E-state index < -0.39 is 13.7 Å². The Hall–Kier alpha value is -6.40. The first-order chi connectivity index (χ1) is 30.1. The number of anilines is 3. The lowest BCUT2D eigenvalue weighted by atomic mass is 9.82. The summed E-state index contributed by atoms with van der Waals surface area (Å²) in [5.41, 5.74) is 5.08. The average Bonchev–Trinajstić information content (AvgIpc) is 4.03. The average molecular weight is 840 g/mol. The normalized spacial score (nSPS) is 21.0. The zero-order valence-corrected chi connectivity index (χ0v) is 36.3. The minimum Gasteiger partial charge on any atom is -0.497 e. The first-order valence-corrected chi connectivity index (χ1v) is 24.5. The van der Waals surface area contributed by atoms with Crippen LogP contribution in [0.3, 0.4) is 0 Å². The minimum absolute atomic E-state index is 0.0167. The maximum atomic E-state index is 15.7. The van der Waals surface area contributed by atoms with E-state index in [9.17, 15) is 9.90 Å². The van der Waals surface area contributed by atoms with Gasteiger partial charge in [0.2, 0.25) is 0 Å². The number of aliphatic hydroxyl groups excluding tert-OH is 1. The van der Waals surface area contributed by atoms with Crippen molar-refractivity contribution in [2.75, 3.05) is 23.5 Å². The fraction of sp³-hybridized carbons (Fsp3) is 0.255. The van der Waals surface area contributed by atoms with E-state index in [1.54, 1.807) is 12.0 Å². The predicted molar refractivity (Wildman–Crippen MR) is 244 cm³/mol. The third-order valence-electron chi connectivity index (χ3n) is 13.8. The summed E-state index contributed by atoms with van der Waals surface area (Å²) in [6, 6.07) is 46.2. The van der Waals surface area contributed by atoms with Crippen molar-refractivity contribution in [3.05, 3.63) is 174 Å². The van der Waals surface area contributed by atoms with Gasteiger partial charge in [-0.1, -0.05) is 127 Å². The van der Waals surface area contributed by atoms with Crippen LogP contribution < -0.4 is 19.7 Å². The first-order valence-electron chi connectivity index (χ1n) is 21.4. The second-order valence-electron chi connectivity index (χ2n) is 17.4. The molecule has 4 heterocycles.